The fourth-order valence-electron chi connectivity index (χ4n) is 5.23. The fraction of sp³-hybridized carbons (Fsp3) is 0.444. The van der Waals surface area contributed by atoms with Crippen molar-refractivity contribution in [3.05, 3.63) is 86.6 Å². The van der Waals surface area contributed by atoms with Gasteiger partial charge in [-0.25, -0.2) is 9.78 Å². The maximum absolute atomic E-state index is 13.1. The second kappa shape index (κ2) is 9.70. The van der Waals surface area contributed by atoms with Crippen molar-refractivity contribution >= 4 is 11.2 Å². The number of nitrogens with zero attached hydrogens (tertiary/aromatic N) is 5. The molecule has 0 aliphatic carbocycles. The van der Waals surface area contributed by atoms with E-state index in [0.717, 1.165) is 37.2 Å². The number of rotatable bonds is 8. The SMILES string of the molecule is CC(C)CCn1c(CN2CCCC2c2cccn2C)nc2c1c(=O)[nH]c(=O)n2Cc1ccccc1. The standard InChI is InChI=1S/C27H34N6O2/c1-19(2)13-16-32-23(18-31-15-8-12-22(31)21-11-7-14-30(21)3)28-25-24(32)26(34)29-27(35)33(25)17-20-9-5-4-6-10-20/h4-7,9-11,14,19,22H,8,12-13,15-18H2,1-3H3,(H,29,34,35). The normalized spacial score (nSPS) is 16.6. The van der Waals surface area contributed by atoms with Crippen LogP contribution in [0.5, 0.6) is 0 Å². The molecule has 1 saturated heterocycles. The third-order valence-electron chi connectivity index (χ3n) is 7.11. The molecule has 1 unspecified atom stereocenters. The van der Waals surface area contributed by atoms with Crippen LogP contribution < -0.4 is 11.2 Å². The summed E-state index contributed by atoms with van der Waals surface area (Å²) in [5.41, 5.74) is 2.46. The molecule has 1 atom stereocenters. The van der Waals surface area contributed by atoms with Gasteiger partial charge in [-0.15, -0.1) is 0 Å². The summed E-state index contributed by atoms with van der Waals surface area (Å²) < 4.78 is 5.84. The Morgan fingerprint density at radius 2 is 1.86 bits per heavy atom. The maximum atomic E-state index is 13.1. The van der Waals surface area contributed by atoms with E-state index in [2.05, 4.69) is 58.2 Å². The van der Waals surface area contributed by atoms with E-state index < -0.39 is 5.69 Å². The summed E-state index contributed by atoms with van der Waals surface area (Å²) in [6, 6.07) is 14.4. The lowest BCUT2D eigenvalue weighted by Crippen LogP contribution is -2.31. The molecule has 0 radical (unpaired) electrons. The number of H-pyrrole nitrogens is 1. The van der Waals surface area contributed by atoms with Gasteiger partial charge >= 0.3 is 5.69 Å². The topological polar surface area (TPSA) is 80.8 Å². The number of aryl methyl sites for hydroxylation is 2. The quantitative estimate of drug-likeness (QED) is 0.423. The number of hydrogen-bond acceptors (Lipinski definition) is 4. The van der Waals surface area contributed by atoms with Gasteiger partial charge in [0, 0.05) is 25.5 Å². The Morgan fingerprint density at radius 3 is 2.57 bits per heavy atom. The van der Waals surface area contributed by atoms with Crippen molar-refractivity contribution in [2.75, 3.05) is 6.54 Å². The van der Waals surface area contributed by atoms with Crippen LogP contribution in [0.1, 0.15) is 56.2 Å². The first kappa shape index (κ1) is 23.4. The molecule has 3 aromatic heterocycles. The third kappa shape index (κ3) is 4.62. The van der Waals surface area contributed by atoms with Crippen LogP contribution in [-0.4, -0.2) is 35.1 Å². The molecule has 0 spiro atoms. The molecule has 1 aromatic carbocycles. The van der Waals surface area contributed by atoms with Gasteiger partial charge in [0.1, 0.15) is 5.82 Å². The van der Waals surface area contributed by atoms with Crippen molar-refractivity contribution in [1.82, 2.24) is 28.6 Å². The Morgan fingerprint density at radius 1 is 1.06 bits per heavy atom. The van der Waals surface area contributed by atoms with Gasteiger partial charge in [-0.2, -0.15) is 0 Å². The Kier molecular flexibility index (Phi) is 6.47. The van der Waals surface area contributed by atoms with Crippen molar-refractivity contribution < 1.29 is 0 Å². The highest BCUT2D eigenvalue weighted by atomic mass is 16.2. The molecule has 8 nitrogen and oxygen atoms in total. The highest BCUT2D eigenvalue weighted by Gasteiger charge is 2.30. The minimum atomic E-state index is -0.422. The van der Waals surface area contributed by atoms with Gasteiger partial charge < -0.3 is 9.13 Å². The number of aromatic nitrogens is 5. The van der Waals surface area contributed by atoms with Crippen molar-refractivity contribution in [2.45, 2.75) is 58.8 Å². The molecule has 0 bridgehead atoms. The molecule has 35 heavy (non-hydrogen) atoms. The van der Waals surface area contributed by atoms with Crippen molar-refractivity contribution in [3.63, 3.8) is 0 Å². The first-order chi connectivity index (χ1) is 16.9. The van der Waals surface area contributed by atoms with E-state index in [-0.39, 0.29) is 5.56 Å². The number of benzene rings is 1. The third-order valence-corrected chi connectivity index (χ3v) is 7.11. The van der Waals surface area contributed by atoms with Gasteiger partial charge in [-0.3, -0.25) is 19.2 Å². The maximum Gasteiger partial charge on any atom is 0.330 e. The lowest BCUT2D eigenvalue weighted by molar-refractivity contribution is 0.231. The molecule has 4 aromatic rings. The van der Waals surface area contributed by atoms with Crippen LogP contribution in [0.25, 0.3) is 11.2 Å². The van der Waals surface area contributed by atoms with Crippen LogP contribution in [0.15, 0.2) is 58.3 Å². The van der Waals surface area contributed by atoms with Crippen LogP contribution in [0.4, 0.5) is 0 Å². The molecular formula is C27H34N6O2. The van der Waals surface area contributed by atoms with E-state index in [0.29, 0.717) is 42.8 Å². The lowest BCUT2D eigenvalue weighted by Gasteiger charge is -2.25. The van der Waals surface area contributed by atoms with Crippen LogP contribution >= 0.6 is 0 Å². The highest BCUT2D eigenvalue weighted by Crippen LogP contribution is 2.33. The average molecular weight is 475 g/mol. The van der Waals surface area contributed by atoms with Gasteiger partial charge in [0.2, 0.25) is 0 Å². The molecule has 1 N–H and O–H groups in total. The summed E-state index contributed by atoms with van der Waals surface area (Å²) in [4.78, 5) is 35.9. The number of aromatic amines is 1. The zero-order valence-electron chi connectivity index (χ0n) is 20.8. The van der Waals surface area contributed by atoms with Crippen LogP contribution in [0.3, 0.4) is 0 Å². The molecular weight excluding hydrogens is 440 g/mol. The Balaban J connectivity index is 1.59. The molecule has 1 aliphatic heterocycles. The first-order valence-corrected chi connectivity index (χ1v) is 12.5. The van der Waals surface area contributed by atoms with Gasteiger partial charge in [0.25, 0.3) is 5.56 Å². The van der Waals surface area contributed by atoms with E-state index in [1.165, 1.54) is 5.69 Å². The van der Waals surface area contributed by atoms with Crippen LogP contribution in [0.2, 0.25) is 0 Å². The summed E-state index contributed by atoms with van der Waals surface area (Å²) >= 11 is 0. The molecule has 4 heterocycles. The molecule has 0 amide bonds. The zero-order chi connectivity index (χ0) is 24.5. The lowest BCUT2D eigenvalue weighted by atomic mass is 10.1. The number of likely N-dealkylation sites (tertiary alicyclic amines) is 1. The van der Waals surface area contributed by atoms with E-state index in [4.69, 9.17) is 4.98 Å². The highest BCUT2D eigenvalue weighted by molar-refractivity contribution is 5.71. The minimum absolute atomic E-state index is 0.318. The van der Waals surface area contributed by atoms with E-state index in [1.807, 2.05) is 30.3 Å². The van der Waals surface area contributed by atoms with Gasteiger partial charge in [-0.1, -0.05) is 44.2 Å². The van der Waals surface area contributed by atoms with E-state index >= 15 is 0 Å². The van der Waals surface area contributed by atoms with E-state index in [9.17, 15) is 9.59 Å². The van der Waals surface area contributed by atoms with Crippen molar-refractivity contribution in [2.24, 2.45) is 13.0 Å². The zero-order valence-corrected chi connectivity index (χ0v) is 20.8. The van der Waals surface area contributed by atoms with Gasteiger partial charge in [-0.05, 0) is 49.4 Å². The smallest absolute Gasteiger partial charge is 0.330 e. The molecule has 1 aliphatic rings. The Bertz CT molecular complexity index is 1430. The van der Waals surface area contributed by atoms with Crippen LogP contribution in [-0.2, 0) is 26.7 Å². The van der Waals surface area contributed by atoms with Crippen molar-refractivity contribution in [1.29, 1.82) is 0 Å². The predicted octanol–water partition coefficient (Wildman–Crippen LogP) is 3.66. The molecule has 8 heteroatoms. The largest absolute Gasteiger partial charge is 0.353 e. The van der Waals surface area contributed by atoms with Gasteiger partial charge in [0.05, 0.1) is 19.1 Å². The monoisotopic (exact) mass is 474 g/mol. The Hall–Kier alpha value is -3.39. The molecule has 0 saturated carbocycles. The summed E-state index contributed by atoms with van der Waals surface area (Å²) in [7, 11) is 2.09. The predicted molar refractivity (Wildman–Crippen MR) is 137 cm³/mol. The van der Waals surface area contributed by atoms with Crippen LogP contribution in [0, 0.1) is 5.92 Å². The second-order valence-corrected chi connectivity index (χ2v) is 10.0. The van der Waals surface area contributed by atoms with Crippen molar-refractivity contribution in [3.8, 4) is 0 Å². The average Bonchev–Trinajstić information content (AvgIpc) is 3.55. The summed E-state index contributed by atoms with van der Waals surface area (Å²) in [6.07, 6.45) is 5.24. The minimum Gasteiger partial charge on any atom is -0.353 e. The number of imidazole rings is 1. The number of nitrogens with one attached hydrogen (secondary N) is 1. The summed E-state index contributed by atoms with van der Waals surface area (Å²) in [5.74, 6) is 1.33. The first-order valence-electron chi connectivity index (χ1n) is 12.5. The Labute approximate surface area is 204 Å². The molecule has 5 rings (SSSR count). The summed E-state index contributed by atoms with van der Waals surface area (Å²) in [6.45, 7) is 7.04. The number of hydrogen-bond donors (Lipinski definition) is 1. The summed E-state index contributed by atoms with van der Waals surface area (Å²) in [5, 5.41) is 0. The van der Waals surface area contributed by atoms with Gasteiger partial charge in [0.15, 0.2) is 11.2 Å². The van der Waals surface area contributed by atoms with E-state index in [1.54, 1.807) is 4.57 Å². The fourth-order valence-corrected chi connectivity index (χ4v) is 5.23. The molecule has 184 valence electrons. The number of fused-ring (bicyclic) bond motifs is 1. The second-order valence-electron chi connectivity index (χ2n) is 10.0. The molecule has 1 fully saturated rings.